The molecule has 0 unspecified atom stereocenters. The van der Waals surface area contributed by atoms with Crippen LogP contribution in [0.1, 0.15) is 16.7 Å². The summed E-state index contributed by atoms with van der Waals surface area (Å²) in [5.41, 5.74) is 14.2. The van der Waals surface area contributed by atoms with Crippen molar-refractivity contribution in [2.45, 2.75) is 18.2 Å². The molecule has 0 amide bonds. The molecule has 0 spiro atoms. The largest absolute Gasteiger partial charge is 0.389 e. The third-order valence-corrected chi connectivity index (χ3v) is 5.82. The molecule has 5 rings (SSSR count). The van der Waals surface area contributed by atoms with E-state index < -0.39 is 11.7 Å². The van der Waals surface area contributed by atoms with Crippen molar-refractivity contribution in [1.29, 1.82) is 0 Å². The molecule has 2 heterocycles. The maximum absolute atomic E-state index is 11.0. The SMILES string of the molecule is Nc1nc(N)c2nnn(C[C@H](O)COC(c3ccccc3)(c3ccccc3)c3ccccc3)c2n1. The predicted molar refractivity (Wildman–Crippen MR) is 133 cm³/mol. The Kier molecular flexibility index (Phi) is 6.09. The standard InChI is InChI=1S/C26H25N7O2/c27-23-22-24(30-25(28)29-23)33(32-31-22)16-21(34)17-35-26(18-10-4-1-5-11-18,19-12-6-2-7-13-19)20-14-8-3-9-15-20/h1-15,21,34H,16-17H2,(H4,27,28,29,30)/t21-/m0/s1. The van der Waals surface area contributed by atoms with Crippen LogP contribution < -0.4 is 11.5 Å². The fraction of sp³-hybridized carbons (Fsp3) is 0.154. The molecule has 0 radical (unpaired) electrons. The van der Waals surface area contributed by atoms with E-state index in [2.05, 4.69) is 20.3 Å². The number of hydrogen-bond donors (Lipinski definition) is 3. The number of anilines is 2. The molecule has 3 aromatic carbocycles. The van der Waals surface area contributed by atoms with E-state index in [0.29, 0.717) is 11.2 Å². The molecular formula is C26H25N7O2. The molecule has 2 aromatic heterocycles. The highest BCUT2D eigenvalue weighted by Crippen LogP contribution is 2.40. The zero-order chi connectivity index (χ0) is 24.3. The number of aliphatic hydroxyl groups is 1. The van der Waals surface area contributed by atoms with Crippen molar-refractivity contribution in [2.24, 2.45) is 0 Å². The number of aromatic nitrogens is 5. The van der Waals surface area contributed by atoms with Gasteiger partial charge in [0.25, 0.3) is 0 Å². The molecule has 0 bridgehead atoms. The number of rotatable bonds is 8. The molecule has 0 aliphatic rings. The van der Waals surface area contributed by atoms with Crippen LogP contribution in [0.15, 0.2) is 91.0 Å². The highest BCUT2D eigenvalue weighted by Gasteiger charge is 2.38. The molecule has 0 saturated heterocycles. The lowest BCUT2D eigenvalue weighted by atomic mass is 9.80. The Morgan fingerprint density at radius 3 is 1.83 bits per heavy atom. The van der Waals surface area contributed by atoms with Crippen molar-refractivity contribution >= 4 is 22.9 Å². The number of nitrogen functional groups attached to an aromatic ring is 2. The van der Waals surface area contributed by atoms with E-state index in [0.717, 1.165) is 16.7 Å². The molecule has 35 heavy (non-hydrogen) atoms. The topological polar surface area (TPSA) is 138 Å². The summed E-state index contributed by atoms with van der Waals surface area (Å²) >= 11 is 0. The molecule has 9 nitrogen and oxygen atoms in total. The number of hydrogen-bond acceptors (Lipinski definition) is 8. The van der Waals surface area contributed by atoms with Crippen LogP contribution in [-0.2, 0) is 16.9 Å². The lowest BCUT2D eigenvalue weighted by Gasteiger charge is -2.36. The Balaban J connectivity index is 1.50. The summed E-state index contributed by atoms with van der Waals surface area (Å²) in [5, 5.41) is 19.1. The van der Waals surface area contributed by atoms with Crippen molar-refractivity contribution in [3.05, 3.63) is 108 Å². The summed E-state index contributed by atoms with van der Waals surface area (Å²) in [6, 6.07) is 29.9. The fourth-order valence-electron chi connectivity index (χ4n) is 4.26. The number of nitrogens with zero attached hydrogens (tertiary/aromatic N) is 5. The van der Waals surface area contributed by atoms with Crippen LogP contribution in [0.4, 0.5) is 11.8 Å². The number of ether oxygens (including phenoxy) is 1. The Bertz CT molecular complexity index is 1310. The quantitative estimate of drug-likeness (QED) is 0.296. The highest BCUT2D eigenvalue weighted by molar-refractivity contribution is 5.81. The minimum absolute atomic E-state index is 0.0100. The van der Waals surface area contributed by atoms with Gasteiger partial charge in [0.15, 0.2) is 17.0 Å². The molecular weight excluding hydrogens is 442 g/mol. The van der Waals surface area contributed by atoms with Gasteiger partial charge >= 0.3 is 0 Å². The first-order chi connectivity index (χ1) is 17.1. The first kappa shape index (κ1) is 22.5. The van der Waals surface area contributed by atoms with Gasteiger partial charge in [-0.15, -0.1) is 5.10 Å². The van der Waals surface area contributed by atoms with E-state index >= 15 is 0 Å². The highest BCUT2D eigenvalue weighted by atomic mass is 16.5. The van der Waals surface area contributed by atoms with Crippen molar-refractivity contribution in [3.8, 4) is 0 Å². The zero-order valence-corrected chi connectivity index (χ0v) is 18.9. The Labute approximate surface area is 202 Å². The Morgan fingerprint density at radius 2 is 1.31 bits per heavy atom. The number of nitrogens with two attached hydrogens (primary N) is 2. The van der Waals surface area contributed by atoms with Crippen LogP contribution in [0.5, 0.6) is 0 Å². The van der Waals surface area contributed by atoms with Crippen LogP contribution in [-0.4, -0.2) is 42.8 Å². The van der Waals surface area contributed by atoms with Gasteiger partial charge in [0, 0.05) is 0 Å². The summed E-state index contributed by atoms with van der Waals surface area (Å²) < 4.78 is 8.12. The Morgan fingerprint density at radius 1 is 0.800 bits per heavy atom. The van der Waals surface area contributed by atoms with Gasteiger partial charge in [-0.05, 0) is 16.7 Å². The monoisotopic (exact) mass is 467 g/mol. The smallest absolute Gasteiger partial charge is 0.224 e. The first-order valence-corrected chi connectivity index (χ1v) is 11.2. The zero-order valence-electron chi connectivity index (χ0n) is 18.9. The second kappa shape index (κ2) is 9.49. The van der Waals surface area contributed by atoms with Crippen molar-refractivity contribution in [2.75, 3.05) is 18.1 Å². The molecule has 0 aliphatic carbocycles. The van der Waals surface area contributed by atoms with E-state index in [1.807, 2.05) is 91.0 Å². The third-order valence-electron chi connectivity index (χ3n) is 5.82. The van der Waals surface area contributed by atoms with E-state index in [9.17, 15) is 5.11 Å². The van der Waals surface area contributed by atoms with Gasteiger partial charge in [-0.25, -0.2) is 4.68 Å². The minimum atomic E-state index is -0.938. The fourth-order valence-corrected chi connectivity index (χ4v) is 4.26. The average Bonchev–Trinajstić information content (AvgIpc) is 3.29. The normalized spacial score (nSPS) is 12.6. The van der Waals surface area contributed by atoms with Gasteiger partial charge in [0.05, 0.1) is 19.3 Å². The average molecular weight is 468 g/mol. The number of aliphatic hydroxyl groups excluding tert-OH is 1. The van der Waals surface area contributed by atoms with Crippen LogP contribution >= 0.6 is 0 Å². The van der Waals surface area contributed by atoms with Gasteiger partial charge < -0.3 is 21.3 Å². The van der Waals surface area contributed by atoms with Crippen molar-refractivity contribution < 1.29 is 9.84 Å². The van der Waals surface area contributed by atoms with E-state index in [4.69, 9.17) is 16.2 Å². The van der Waals surface area contributed by atoms with E-state index in [1.54, 1.807) is 0 Å². The Hall–Kier alpha value is -4.34. The van der Waals surface area contributed by atoms with Crippen molar-refractivity contribution in [1.82, 2.24) is 25.0 Å². The molecule has 5 N–H and O–H groups in total. The van der Waals surface area contributed by atoms with Gasteiger partial charge in [0.2, 0.25) is 5.95 Å². The lowest BCUT2D eigenvalue weighted by Crippen LogP contribution is -2.36. The summed E-state index contributed by atoms with van der Waals surface area (Å²) in [6.07, 6.45) is -0.923. The first-order valence-electron chi connectivity index (χ1n) is 11.2. The maximum atomic E-state index is 11.0. The second-order valence-corrected chi connectivity index (χ2v) is 8.15. The van der Waals surface area contributed by atoms with Gasteiger partial charge in [-0.1, -0.05) is 96.2 Å². The van der Waals surface area contributed by atoms with E-state index in [1.165, 1.54) is 4.68 Å². The van der Waals surface area contributed by atoms with Crippen LogP contribution in [0.25, 0.3) is 11.2 Å². The van der Waals surface area contributed by atoms with Crippen LogP contribution in [0, 0.1) is 0 Å². The lowest BCUT2D eigenvalue weighted by molar-refractivity contribution is -0.0430. The van der Waals surface area contributed by atoms with Gasteiger partial charge in [-0.3, -0.25) is 0 Å². The minimum Gasteiger partial charge on any atom is -0.389 e. The summed E-state index contributed by atoms with van der Waals surface area (Å²) in [7, 11) is 0. The maximum Gasteiger partial charge on any atom is 0.224 e. The number of fused-ring (bicyclic) bond motifs is 1. The third kappa shape index (κ3) is 4.30. The second-order valence-electron chi connectivity index (χ2n) is 8.15. The summed E-state index contributed by atoms with van der Waals surface area (Å²) in [4.78, 5) is 8.08. The van der Waals surface area contributed by atoms with Gasteiger partial charge in [0.1, 0.15) is 5.60 Å². The molecule has 9 heteroatoms. The molecule has 1 atom stereocenters. The molecule has 5 aromatic rings. The van der Waals surface area contributed by atoms with E-state index in [-0.39, 0.29) is 24.9 Å². The molecule has 0 aliphatic heterocycles. The molecule has 0 saturated carbocycles. The molecule has 176 valence electrons. The van der Waals surface area contributed by atoms with Crippen LogP contribution in [0.2, 0.25) is 0 Å². The summed E-state index contributed by atoms with van der Waals surface area (Å²) in [5.74, 6) is 0.154. The number of benzene rings is 3. The van der Waals surface area contributed by atoms with Crippen molar-refractivity contribution in [3.63, 3.8) is 0 Å². The molecule has 0 fully saturated rings. The van der Waals surface area contributed by atoms with Gasteiger partial charge in [-0.2, -0.15) is 9.97 Å². The van der Waals surface area contributed by atoms with Crippen LogP contribution in [0.3, 0.4) is 0 Å². The predicted octanol–water partition coefficient (Wildman–Crippen LogP) is 2.76. The summed E-state index contributed by atoms with van der Waals surface area (Å²) in [6.45, 7) is 0.0942.